The van der Waals surface area contributed by atoms with Gasteiger partial charge in [0, 0.05) is 32.7 Å². The van der Waals surface area contributed by atoms with E-state index in [0.29, 0.717) is 58.3 Å². The number of carbonyl (C=O) groups is 2. The lowest BCUT2D eigenvalue weighted by Crippen LogP contribution is -2.58. The lowest BCUT2D eigenvalue weighted by atomic mass is 10.1. The Morgan fingerprint density at radius 3 is 1.76 bits per heavy atom. The predicted octanol–water partition coefficient (Wildman–Crippen LogP) is 3.21. The molecule has 1 aromatic carbocycles. The summed E-state index contributed by atoms with van der Waals surface area (Å²) in [6, 6.07) is 6.62. The number of aryl methyl sites for hydroxylation is 1. The first-order valence-electron chi connectivity index (χ1n) is 11.6. The lowest BCUT2D eigenvalue weighted by molar-refractivity contribution is -0.108. The molecule has 0 aliphatic carbocycles. The smallest absolute Gasteiger partial charge is 0.241 e. The van der Waals surface area contributed by atoms with Gasteiger partial charge in [-0.25, -0.2) is 8.42 Å². The fourth-order valence-electron chi connectivity index (χ4n) is 3.09. The van der Waals surface area contributed by atoms with Gasteiger partial charge in [0.05, 0.1) is 24.7 Å². The highest BCUT2D eigenvalue weighted by Gasteiger charge is 2.37. The molecule has 1 rings (SSSR count). The Labute approximate surface area is 198 Å². The lowest BCUT2D eigenvalue weighted by Gasteiger charge is -2.34. The van der Waals surface area contributed by atoms with Crippen LogP contribution in [-0.2, 0) is 33.8 Å². The summed E-state index contributed by atoms with van der Waals surface area (Å²) in [7, 11) is -3.86. The van der Waals surface area contributed by atoms with Gasteiger partial charge in [0.2, 0.25) is 10.0 Å². The molecule has 0 aliphatic rings. The van der Waals surface area contributed by atoms with Crippen molar-refractivity contribution in [2.75, 3.05) is 39.6 Å². The summed E-state index contributed by atoms with van der Waals surface area (Å²) in [5.74, 6) is 0. The van der Waals surface area contributed by atoms with Crippen LogP contribution in [-0.4, -0.2) is 66.2 Å². The number of hydrogen-bond donors (Lipinski definition) is 1. The van der Waals surface area contributed by atoms with E-state index in [1.54, 1.807) is 24.3 Å². The zero-order valence-electron chi connectivity index (χ0n) is 19.9. The summed E-state index contributed by atoms with van der Waals surface area (Å²) in [5.41, 5.74) is -0.155. The maximum absolute atomic E-state index is 13.2. The Morgan fingerprint density at radius 2 is 1.30 bits per heavy atom. The van der Waals surface area contributed by atoms with Crippen LogP contribution in [0.15, 0.2) is 29.2 Å². The second-order valence-electron chi connectivity index (χ2n) is 8.18. The van der Waals surface area contributed by atoms with Gasteiger partial charge in [-0.15, -0.1) is 0 Å². The Balaban J connectivity index is 2.97. The minimum Gasteiger partial charge on any atom is -0.379 e. The third-order valence-corrected chi connectivity index (χ3v) is 6.48. The van der Waals surface area contributed by atoms with Crippen molar-refractivity contribution >= 4 is 22.6 Å². The Kier molecular flexibility index (Phi) is 15.0. The highest BCUT2D eigenvalue weighted by Crippen LogP contribution is 2.17. The molecule has 9 heteroatoms. The fraction of sp³-hybridized carbons (Fsp3) is 0.667. The standard InChI is InChI=1S/C24H39NO7S/c1-3-16-30-19-24(20-31-17-8-4-6-14-26,21-32-18-9-5-7-15-27)25-33(28,29)23-12-10-22(2)11-13-23/h10-15,25H,3-9,16-21H2,1-2H3. The van der Waals surface area contributed by atoms with Crippen LogP contribution >= 0.6 is 0 Å². The number of carbonyl (C=O) groups excluding carboxylic acids is 2. The molecule has 0 aliphatic heterocycles. The van der Waals surface area contributed by atoms with E-state index < -0.39 is 15.6 Å². The average molecular weight is 486 g/mol. The SMILES string of the molecule is CCCOCC(COCCCCC=O)(COCCCCC=O)NS(=O)(=O)c1ccc(C)cc1. The van der Waals surface area contributed by atoms with Crippen molar-refractivity contribution in [1.82, 2.24) is 4.72 Å². The van der Waals surface area contributed by atoms with Crippen molar-refractivity contribution < 1.29 is 32.2 Å². The van der Waals surface area contributed by atoms with Gasteiger partial charge < -0.3 is 23.8 Å². The van der Waals surface area contributed by atoms with E-state index in [0.717, 1.165) is 24.6 Å². The number of rotatable bonds is 21. The molecular weight excluding hydrogens is 446 g/mol. The average Bonchev–Trinajstić information content (AvgIpc) is 2.79. The zero-order valence-corrected chi connectivity index (χ0v) is 20.7. The number of benzene rings is 1. The van der Waals surface area contributed by atoms with Gasteiger partial charge in [-0.05, 0) is 51.2 Å². The highest BCUT2D eigenvalue weighted by molar-refractivity contribution is 7.89. The Morgan fingerprint density at radius 1 is 0.818 bits per heavy atom. The predicted molar refractivity (Wildman–Crippen MR) is 127 cm³/mol. The summed E-state index contributed by atoms with van der Waals surface area (Å²) in [5, 5.41) is 0. The third-order valence-electron chi connectivity index (χ3n) is 4.89. The van der Waals surface area contributed by atoms with Gasteiger partial charge >= 0.3 is 0 Å². The largest absolute Gasteiger partial charge is 0.379 e. The van der Waals surface area contributed by atoms with Crippen molar-refractivity contribution in [2.45, 2.75) is 69.2 Å². The number of unbranched alkanes of at least 4 members (excludes halogenated alkanes) is 4. The van der Waals surface area contributed by atoms with Gasteiger partial charge in [0.1, 0.15) is 18.1 Å². The molecule has 188 valence electrons. The summed E-state index contributed by atoms with van der Waals surface area (Å²) in [6.07, 6.45) is 6.30. The summed E-state index contributed by atoms with van der Waals surface area (Å²) in [6.45, 7) is 5.37. The molecule has 0 aromatic heterocycles. The molecule has 0 spiro atoms. The number of hydrogen-bond acceptors (Lipinski definition) is 7. The van der Waals surface area contributed by atoms with E-state index in [1.807, 2.05) is 13.8 Å². The topological polar surface area (TPSA) is 108 Å². The Hall–Kier alpha value is -1.65. The minimum atomic E-state index is -3.86. The molecular formula is C24H39NO7S. The van der Waals surface area contributed by atoms with Crippen LogP contribution in [0, 0.1) is 6.92 Å². The number of aldehydes is 2. The molecule has 0 saturated carbocycles. The van der Waals surface area contributed by atoms with E-state index in [2.05, 4.69) is 4.72 Å². The maximum atomic E-state index is 13.2. The summed E-state index contributed by atoms with van der Waals surface area (Å²) in [4.78, 5) is 21.2. The molecule has 0 heterocycles. The molecule has 0 amide bonds. The van der Waals surface area contributed by atoms with Crippen molar-refractivity contribution in [3.63, 3.8) is 0 Å². The van der Waals surface area contributed by atoms with Crippen LogP contribution in [0.25, 0.3) is 0 Å². The van der Waals surface area contributed by atoms with Gasteiger partial charge in [0.15, 0.2) is 0 Å². The van der Waals surface area contributed by atoms with E-state index in [4.69, 9.17) is 14.2 Å². The maximum Gasteiger partial charge on any atom is 0.241 e. The first kappa shape index (κ1) is 29.4. The molecule has 1 N–H and O–H groups in total. The summed E-state index contributed by atoms with van der Waals surface area (Å²) < 4.78 is 46.6. The van der Waals surface area contributed by atoms with Crippen LogP contribution in [0.2, 0.25) is 0 Å². The van der Waals surface area contributed by atoms with Crippen LogP contribution in [0.3, 0.4) is 0 Å². The second kappa shape index (κ2) is 16.9. The van der Waals surface area contributed by atoms with Crippen molar-refractivity contribution in [2.24, 2.45) is 0 Å². The second-order valence-corrected chi connectivity index (χ2v) is 9.86. The molecule has 0 atom stereocenters. The number of nitrogens with one attached hydrogen (secondary N) is 1. The van der Waals surface area contributed by atoms with Gasteiger partial charge in [0.25, 0.3) is 0 Å². The molecule has 0 radical (unpaired) electrons. The molecule has 1 aromatic rings. The van der Waals surface area contributed by atoms with Gasteiger partial charge in [-0.2, -0.15) is 4.72 Å². The fourth-order valence-corrected chi connectivity index (χ4v) is 4.44. The monoisotopic (exact) mass is 485 g/mol. The van der Waals surface area contributed by atoms with E-state index >= 15 is 0 Å². The number of sulfonamides is 1. The van der Waals surface area contributed by atoms with Crippen LogP contribution in [0.5, 0.6) is 0 Å². The first-order valence-corrected chi connectivity index (χ1v) is 13.1. The quantitative estimate of drug-likeness (QED) is 0.210. The molecule has 0 saturated heterocycles. The molecule has 33 heavy (non-hydrogen) atoms. The van der Waals surface area contributed by atoms with Gasteiger partial charge in [-0.1, -0.05) is 24.6 Å². The van der Waals surface area contributed by atoms with Crippen LogP contribution in [0.4, 0.5) is 0 Å². The normalized spacial score (nSPS) is 12.1. The van der Waals surface area contributed by atoms with Crippen LogP contribution < -0.4 is 4.72 Å². The highest BCUT2D eigenvalue weighted by atomic mass is 32.2. The van der Waals surface area contributed by atoms with Crippen molar-refractivity contribution in [3.8, 4) is 0 Å². The third kappa shape index (κ3) is 12.4. The van der Waals surface area contributed by atoms with E-state index in [9.17, 15) is 18.0 Å². The zero-order chi connectivity index (χ0) is 24.4. The van der Waals surface area contributed by atoms with Crippen molar-refractivity contribution in [1.29, 1.82) is 0 Å². The Bertz CT molecular complexity index is 746. The van der Waals surface area contributed by atoms with E-state index in [-0.39, 0.29) is 24.7 Å². The van der Waals surface area contributed by atoms with Crippen molar-refractivity contribution in [3.05, 3.63) is 29.8 Å². The molecule has 8 nitrogen and oxygen atoms in total. The van der Waals surface area contributed by atoms with Crippen LogP contribution in [0.1, 0.15) is 57.4 Å². The van der Waals surface area contributed by atoms with Gasteiger partial charge in [-0.3, -0.25) is 0 Å². The minimum absolute atomic E-state index is 0.0667. The molecule has 0 fully saturated rings. The number of ether oxygens (including phenoxy) is 3. The summed E-state index contributed by atoms with van der Waals surface area (Å²) >= 11 is 0. The molecule has 0 bridgehead atoms. The first-order chi connectivity index (χ1) is 15.9. The molecule has 0 unspecified atom stereocenters. The van der Waals surface area contributed by atoms with E-state index in [1.165, 1.54) is 0 Å².